The Kier molecular flexibility index (Phi) is 5.59. The molecule has 0 saturated carbocycles. The second-order valence-electron chi connectivity index (χ2n) is 6.08. The highest BCUT2D eigenvalue weighted by Gasteiger charge is 2.15. The number of anilines is 3. The molecule has 10 nitrogen and oxygen atoms in total. The molecule has 11 heteroatoms. The van der Waals surface area contributed by atoms with E-state index in [1.807, 2.05) is 0 Å². The molecule has 0 bridgehead atoms. The van der Waals surface area contributed by atoms with Crippen LogP contribution in [-0.4, -0.2) is 45.8 Å². The summed E-state index contributed by atoms with van der Waals surface area (Å²) in [6.45, 7) is 0.339. The summed E-state index contributed by atoms with van der Waals surface area (Å²) in [6, 6.07) is 10.8. The van der Waals surface area contributed by atoms with E-state index in [1.54, 1.807) is 24.3 Å². The van der Waals surface area contributed by atoms with Crippen LogP contribution in [0.1, 0.15) is 15.9 Å². The van der Waals surface area contributed by atoms with Crippen molar-refractivity contribution in [2.24, 2.45) is 0 Å². The first-order valence-corrected chi connectivity index (χ1v) is 10.2. The highest BCUT2D eigenvalue weighted by Crippen LogP contribution is 2.19. The summed E-state index contributed by atoms with van der Waals surface area (Å²) in [5.74, 6) is -0.241. The number of carbonyl (C=O) groups is 1. The van der Waals surface area contributed by atoms with Crippen LogP contribution in [0, 0.1) is 0 Å². The highest BCUT2D eigenvalue weighted by molar-refractivity contribution is 7.90. The Hall–Kier alpha value is -3.73. The Morgan fingerprint density at radius 3 is 2.31 bits per heavy atom. The van der Waals surface area contributed by atoms with E-state index >= 15 is 0 Å². The van der Waals surface area contributed by atoms with Crippen molar-refractivity contribution < 1.29 is 23.4 Å². The van der Waals surface area contributed by atoms with E-state index in [1.165, 1.54) is 24.4 Å². The van der Waals surface area contributed by atoms with Crippen LogP contribution in [-0.2, 0) is 16.4 Å². The van der Waals surface area contributed by atoms with Gasteiger partial charge < -0.3 is 20.8 Å². The van der Waals surface area contributed by atoms with Crippen LogP contribution in [0.3, 0.4) is 0 Å². The van der Waals surface area contributed by atoms with Crippen molar-refractivity contribution in [2.75, 3.05) is 16.9 Å². The number of hydrogen-bond acceptors (Lipinski definition) is 9. The standard InChI is InChI=1S/C18H17N5O5S/c1-29(27,28)18-22-15(19-9-11-2-5-13(24)6-3-11)8-16(23-18)21-14-7-4-12(10-20-14)17(25)26/h2-8,10,24H,9H2,1H3,(H,25,26)(H2,19,20,21,22,23). The molecule has 0 aliphatic rings. The zero-order valence-electron chi connectivity index (χ0n) is 15.2. The van der Waals surface area contributed by atoms with Gasteiger partial charge in [0.2, 0.25) is 9.84 Å². The number of aromatic nitrogens is 3. The molecule has 0 saturated heterocycles. The Morgan fingerprint density at radius 1 is 1.03 bits per heavy atom. The average Bonchev–Trinajstić information content (AvgIpc) is 2.67. The lowest BCUT2D eigenvalue weighted by Gasteiger charge is -2.11. The predicted molar refractivity (Wildman–Crippen MR) is 105 cm³/mol. The Balaban J connectivity index is 1.85. The fourth-order valence-electron chi connectivity index (χ4n) is 2.28. The number of hydrogen-bond donors (Lipinski definition) is 4. The van der Waals surface area contributed by atoms with Gasteiger partial charge in [-0.15, -0.1) is 0 Å². The van der Waals surface area contributed by atoms with Gasteiger partial charge in [0.15, 0.2) is 0 Å². The molecule has 0 aliphatic heterocycles. The molecule has 0 spiro atoms. The van der Waals surface area contributed by atoms with Gasteiger partial charge in [-0.25, -0.2) is 28.2 Å². The van der Waals surface area contributed by atoms with Crippen molar-refractivity contribution in [1.29, 1.82) is 0 Å². The monoisotopic (exact) mass is 415 g/mol. The summed E-state index contributed by atoms with van der Waals surface area (Å²) >= 11 is 0. The van der Waals surface area contributed by atoms with Gasteiger partial charge in [0.05, 0.1) is 5.56 Å². The Bertz CT molecular complexity index is 1130. The van der Waals surface area contributed by atoms with Crippen LogP contribution in [0.2, 0.25) is 0 Å². The second kappa shape index (κ2) is 8.10. The number of carboxylic acids is 1. The predicted octanol–water partition coefficient (Wildman–Crippen LogP) is 2.03. The van der Waals surface area contributed by atoms with Gasteiger partial charge in [-0.2, -0.15) is 0 Å². The molecular formula is C18H17N5O5S. The number of phenolic OH excluding ortho intramolecular Hbond substituents is 1. The van der Waals surface area contributed by atoms with Crippen molar-refractivity contribution >= 4 is 33.3 Å². The Labute approximate surface area is 166 Å². The normalized spacial score (nSPS) is 11.1. The SMILES string of the molecule is CS(=O)(=O)c1nc(NCc2ccc(O)cc2)cc(Nc2ccc(C(=O)O)cn2)n1. The summed E-state index contributed by atoms with van der Waals surface area (Å²) in [5.41, 5.74) is 0.870. The van der Waals surface area contributed by atoms with Gasteiger partial charge in [0.25, 0.3) is 5.16 Å². The third kappa shape index (κ3) is 5.39. The van der Waals surface area contributed by atoms with Crippen molar-refractivity contribution in [2.45, 2.75) is 11.7 Å². The van der Waals surface area contributed by atoms with Crippen LogP contribution < -0.4 is 10.6 Å². The lowest BCUT2D eigenvalue weighted by Crippen LogP contribution is -2.10. The lowest BCUT2D eigenvalue weighted by molar-refractivity contribution is 0.0696. The number of pyridine rings is 1. The van der Waals surface area contributed by atoms with E-state index in [-0.39, 0.29) is 33.9 Å². The van der Waals surface area contributed by atoms with Crippen LogP contribution in [0.4, 0.5) is 17.5 Å². The van der Waals surface area contributed by atoms with Crippen LogP contribution in [0.25, 0.3) is 0 Å². The van der Waals surface area contributed by atoms with Gasteiger partial charge in [0.1, 0.15) is 23.2 Å². The number of benzene rings is 1. The maximum absolute atomic E-state index is 11.9. The van der Waals surface area contributed by atoms with Gasteiger partial charge in [-0.1, -0.05) is 12.1 Å². The summed E-state index contributed by atoms with van der Waals surface area (Å²) < 4.78 is 23.9. The van der Waals surface area contributed by atoms with Crippen molar-refractivity contribution in [3.8, 4) is 5.75 Å². The van der Waals surface area contributed by atoms with Crippen LogP contribution in [0.15, 0.2) is 53.8 Å². The van der Waals surface area contributed by atoms with E-state index in [0.717, 1.165) is 11.8 Å². The maximum Gasteiger partial charge on any atom is 0.337 e. The molecule has 0 aliphatic carbocycles. The maximum atomic E-state index is 11.9. The molecule has 4 N–H and O–H groups in total. The summed E-state index contributed by atoms with van der Waals surface area (Å²) in [7, 11) is -3.68. The number of phenols is 1. The number of rotatable bonds is 7. The van der Waals surface area contributed by atoms with E-state index in [9.17, 15) is 18.3 Å². The molecule has 0 radical (unpaired) electrons. The van der Waals surface area contributed by atoms with Crippen LogP contribution in [0.5, 0.6) is 5.75 Å². The van der Waals surface area contributed by atoms with Gasteiger partial charge in [-0.05, 0) is 29.8 Å². The van der Waals surface area contributed by atoms with E-state index in [4.69, 9.17) is 5.11 Å². The average molecular weight is 415 g/mol. The van der Waals surface area contributed by atoms with E-state index < -0.39 is 15.8 Å². The van der Waals surface area contributed by atoms with E-state index in [0.29, 0.717) is 6.54 Å². The first kappa shape index (κ1) is 20.0. The minimum Gasteiger partial charge on any atom is -0.508 e. The van der Waals surface area contributed by atoms with Gasteiger partial charge in [0, 0.05) is 25.1 Å². The molecule has 0 amide bonds. The zero-order chi connectivity index (χ0) is 21.0. The molecule has 3 aromatic rings. The molecule has 0 fully saturated rings. The zero-order valence-corrected chi connectivity index (χ0v) is 16.0. The van der Waals surface area contributed by atoms with Crippen molar-refractivity contribution in [3.63, 3.8) is 0 Å². The number of nitrogens with one attached hydrogen (secondary N) is 2. The summed E-state index contributed by atoms with van der Waals surface area (Å²) in [6.07, 6.45) is 2.17. The minimum absolute atomic E-state index is 0.0197. The number of nitrogens with zero attached hydrogens (tertiary/aromatic N) is 3. The number of aromatic carboxylic acids is 1. The third-order valence-electron chi connectivity index (χ3n) is 3.71. The smallest absolute Gasteiger partial charge is 0.337 e. The number of carboxylic acid groups (broad SMARTS) is 1. The molecule has 0 unspecified atom stereocenters. The van der Waals surface area contributed by atoms with Gasteiger partial charge in [-0.3, -0.25) is 0 Å². The summed E-state index contributed by atoms with van der Waals surface area (Å²) in [5, 5.41) is 23.7. The van der Waals surface area contributed by atoms with Gasteiger partial charge >= 0.3 is 5.97 Å². The molecular weight excluding hydrogens is 398 g/mol. The Morgan fingerprint density at radius 2 is 1.72 bits per heavy atom. The second-order valence-corrected chi connectivity index (χ2v) is 7.98. The largest absolute Gasteiger partial charge is 0.508 e. The quantitative estimate of drug-likeness (QED) is 0.421. The lowest BCUT2D eigenvalue weighted by atomic mass is 10.2. The molecule has 3 rings (SSSR count). The topological polar surface area (TPSA) is 154 Å². The van der Waals surface area contributed by atoms with Crippen molar-refractivity contribution in [3.05, 3.63) is 59.8 Å². The number of aromatic hydroxyl groups is 1. The molecule has 150 valence electrons. The minimum atomic E-state index is -3.68. The number of sulfone groups is 1. The molecule has 2 aromatic heterocycles. The molecule has 1 aromatic carbocycles. The van der Waals surface area contributed by atoms with Crippen LogP contribution >= 0.6 is 0 Å². The third-order valence-corrected chi connectivity index (χ3v) is 4.56. The first-order valence-electron chi connectivity index (χ1n) is 8.28. The molecule has 2 heterocycles. The van der Waals surface area contributed by atoms with E-state index in [2.05, 4.69) is 25.6 Å². The highest BCUT2D eigenvalue weighted by atomic mass is 32.2. The fraction of sp³-hybridized carbons (Fsp3) is 0.111. The fourth-order valence-corrected chi connectivity index (χ4v) is 2.81. The molecule has 29 heavy (non-hydrogen) atoms. The molecule has 0 atom stereocenters. The van der Waals surface area contributed by atoms with Crippen molar-refractivity contribution in [1.82, 2.24) is 15.0 Å². The first-order chi connectivity index (χ1) is 13.7. The summed E-state index contributed by atoms with van der Waals surface area (Å²) in [4.78, 5) is 22.9.